The Labute approximate surface area is 78.8 Å². The van der Waals surface area contributed by atoms with Crippen molar-refractivity contribution >= 4 is 8.58 Å². The van der Waals surface area contributed by atoms with Gasteiger partial charge in [0.25, 0.3) is 5.97 Å². The first-order valence-electron chi connectivity index (χ1n) is 4.00. The van der Waals surface area contributed by atoms with E-state index < -0.39 is 5.97 Å². The fourth-order valence-electron chi connectivity index (χ4n) is 0.970. The van der Waals surface area contributed by atoms with Crippen LogP contribution in [-0.4, -0.2) is 27.5 Å². The molecule has 0 aliphatic rings. The first-order valence-corrected chi connectivity index (χ1v) is 5.41. The van der Waals surface area contributed by atoms with Gasteiger partial charge < -0.3 is 15.3 Å². The van der Waals surface area contributed by atoms with Gasteiger partial charge in [0, 0.05) is 6.16 Å². The molecule has 1 aromatic carbocycles. The van der Waals surface area contributed by atoms with Crippen molar-refractivity contribution in [2.24, 2.45) is 0 Å². The van der Waals surface area contributed by atoms with E-state index in [-0.39, 0.29) is 6.16 Å². The SMILES string of the molecule is OC(O)(O)CPCc1ccccc1. The Morgan fingerprint density at radius 3 is 2.23 bits per heavy atom. The van der Waals surface area contributed by atoms with Gasteiger partial charge in [0.05, 0.1) is 0 Å². The molecule has 0 spiro atoms. The van der Waals surface area contributed by atoms with Crippen molar-refractivity contribution in [3.63, 3.8) is 0 Å². The highest BCUT2D eigenvalue weighted by atomic mass is 31.1. The average molecular weight is 200 g/mol. The van der Waals surface area contributed by atoms with E-state index in [1.165, 1.54) is 0 Å². The lowest BCUT2D eigenvalue weighted by molar-refractivity contribution is -0.293. The predicted molar refractivity (Wildman–Crippen MR) is 52.7 cm³/mol. The molecule has 4 heteroatoms. The van der Waals surface area contributed by atoms with E-state index in [0.29, 0.717) is 8.58 Å². The second-order valence-electron chi connectivity index (χ2n) is 2.86. The van der Waals surface area contributed by atoms with Gasteiger partial charge in [0.15, 0.2) is 0 Å². The van der Waals surface area contributed by atoms with Crippen molar-refractivity contribution in [2.75, 3.05) is 6.16 Å². The molecule has 0 bridgehead atoms. The monoisotopic (exact) mass is 200 g/mol. The van der Waals surface area contributed by atoms with Crippen LogP contribution in [0.15, 0.2) is 30.3 Å². The van der Waals surface area contributed by atoms with Crippen LogP contribution in [0.2, 0.25) is 0 Å². The molecule has 0 aromatic heterocycles. The zero-order valence-corrected chi connectivity index (χ0v) is 8.14. The summed E-state index contributed by atoms with van der Waals surface area (Å²) in [5.41, 5.74) is 1.14. The Balaban J connectivity index is 2.29. The normalized spacial score (nSPS) is 12.5. The van der Waals surface area contributed by atoms with Crippen molar-refractivity contribution in [1.29, 1.82) is 0 Å². The van der Waals surface area contributed by atoms with Crippen LogP contribution in [0.25, 0.3) is 0 Å². The molecule has 0 radical (unpaired) electrons. The van der Waals surface area contributed by atoms with E-state index in [1.807, 2.05) is 30.3 Å². The standard InChI is InChI=1S/C9H13O3P/c10-9(11,12)7-13-6-8-4-2-1-3-5-8/h1-5,10-13H,6-7H2. The zero-order chi connectivity index (χ0) is 9.73. The van der Waals surface area contributed by atoms with E-state index in [1.54, 1.807) is 0 Å². The molecule has 3 N–H and O–H groups in total. The van der Waals surface area contributed by atoms with Gasteiger partial charge in [-0.1, -0.05) is 30.3 Å². The maximum atomic E-state index is 8.61. The maximum Gasteiger partial charge on any atom is 0.279 e. The fourth-order valence-corrected chi connectivity index (χ4v) is 1.96. The maximum absolute atomic E-state index is 8.61. The molecule has 13 heavy (non-hydrogen) atoms. The molecule has 0 fully saturated rings. The number of benzene rings is 1. The molecule has 0 heterocycles. The molecule has 1 unspecified atom stereocenters. The summed E-state index contributed by atoms with van der Waals surface area (Å²) in [4.78, 5) is 0. The van der Waals surface area contributed by atoms with Crippen LogP contribution in [0.4, 0.5) is 0 Å². The Kier molecular flexibility index (Phi) is 3.82. The second kappa shape index (κ2) is 4.68. The van der Waals surface area contributed by atoms with Gasteiger partial charge in [0.1, 0.15) is 0 Å². The molecular weight excluding hydrogens is 187 g/mol. The van der Waals surface area contributed by atoms with E-state index in [2.05, 4.69) is 0 Å². The Morgan fingerprint density at radius 1 is 1.08 bits per heavy atom. The Morgan fingerprint density at radius 2 is 1.69 bits per heavy atom. The van der Waals surface area contributed by atoms with Crippen LogP contribution >= 0.6 is 8.58 Å². The number of hydrogen-bond donors (Lipinski definition) is 3. The zero-order valence-electron chi connectivity index (χ0n) is 7.14. The summed E-state index contributed by atoms with van der Waals surface area (Å²) in [5.74, 6) is -2.51. The minimum atomic E-state index is -2.51. The number of aliphatic hydroxyl groups is 3. The van der Waals surface area contributed by atoms with Crippen LogP contribution < -0.4 is 0 Å². The van der Waals surface area contributed by atoms with Crippen molar-refractivity contribution in [3.05, 3.63) is 35.9 Å². The third kappa shape index (κ3) is 4.96. The fraction of sp³-hybridized carbons (Fsp3) is 0.333. The van der Waals surface area contributed by atoms with Gasteiger partial charge in [-0.15, -0.1) is 8.58 Å². The summed E-state index contributed by atoms with van der Waals surface area (Å²) in [5, 5.41) is 25.8. The van der Waals surface area contributed by atoms with Crippen LogP contribution in [0.5, 0.6) is 0 Å². The molecule has 0 aliphatic carbocycles. The molecular formula is C9H13O3P. The van der Waals surface area contributed by atoms with Crippen molar-refractivity contribution in [1.82, 2.24) is 0 Å². The highest BCUT2D eigenvalue weighted by Crippen LogP contribution is 2.21. The van der Waals surface area contributed by atoms with Crippen LogP contribution in [0, 0.1) is 0 Å². The lowest BCUT2D eigenvalue weighted by Gasteiger charge is -2.13. The average Bonchev–Trinajstić information content (AvgIpc) is 2.04. The molecule has 1 atom stereocenters. The van der Waals surface area contributed by atoms with Gasteiger partial charge >= 0.3 is 0 Å². The van der Waals surface area contributed by atoms with Gasteiger partial charge in [-0.05, 0) is 11.7 Å². The van der Waals surface area contributed by atoms with Gasteiger partial charge in [0.2, 0.25) is 0 Å². The molecule has 0 saturated carbocycles. The van der Waals surface area contributed by atoms with Crippen LogP contribution in [-0.2, 0) is 6.16 Å². The molecule has 0 saturated heterocycles. The molecule has 0 amide bonds. The minimum Gasteiger partial charge on any atom is -0.343 e. The summed E-state index contributed by atoms with van der Waals surface area (Å²) in [7, 11) is 0.311. The summed E-state index contributed by atoms with van der Waals surface area (Å²) >= 11 is 0. The Bertz CT molecular complexity index is 243. The first kappa shape index (κ1) is 10.6. The topological polar surface area (TPSA) is 60.7 Å². The largest absolute Gasteiger partial charge is 0.343 e. The van der Waals surface area contributed by atoms with Gasteiger partial charge in [-0.2, -0.15) is 0 Å². The van der Waals surface area contributed by atoms with Crippen molar-refractivity contribution in [3.8, 4) is 0 Å². The minimum absolute atomic E-state index is 0.00188. The smallest absolute Gasteiger partial charge is 0.279 e. The van der Waals surface area contributed by atoms with Crippen molar-refractivity contribution in [2.45, 2.75) is 12.1 Å². The predicted octanol–water partition coefficient (Wildman–Crippen LogP) is 0.496. The van der Waals surface area contributed by atoms with Crippen LogP contribution in [0.3, 0.4) is 0 Å². The third-order valence-corrected chi connectivity index (χ3v) is 2.92. The second-order valence-corrected chi connectivity index (χ2v) is 4.07. The molecule has 72 valence electrons. The van der Waals surface area contributed by atoms with Crippen molar-refractivity contribution < 1.29 is 15.3 Å². The summed E-state index contributed by atoms with van der Waals surface area (Å²) in [6.07, 6.45) is 0.770. The summed E-state index contributed by atoms with van der Waals surface area (Å²) < 4.78 is 0. The van der Waals surface area contributed by atoms with E-state index in [0.717, 1.165) is 11.7 Å². The molecule has 3 nitrogen and oxygen atoms in total. The van der Waals surface area contributed by atoms with E-state index in [9.17, 15) is 0 Å². The summed E-state index contributed by atoms with van der Waals surface area (Å²) in [6, 6.07) is 9.75. The lowest BCUT2D eigenvalue weighted by atomic mass is 10.2. The highest BCUT2D eigenvalue weighted by Gasteiger charge is 2.16. The molecule has 1 aromatic rings. The number of rotatable bonds is 4. The third-order valence-electron chi connectivity index (χ3n) is 1.53. The quantitative estimate of drug-likeness (QED) is 0.490. The molecule has 1 rings (SSSR count). The summed E-state index contributed by atoms with van der Waals surface area (Å²) in [6.45, 7) is 0. The van der Waals surface area contributed by atoms with E-state index >= 15 is 0 Å². The van der Waals surface area contributed by atoms with Gasteiger partial charge in [-0.3, -0.25) is 0 Å². The van der Waals surface area contributed by atoms with Crippen LogP contribution in [0.1, 0.15) is 5.56 Å². The number of hydrogen-bond acceptors (Lipinski definition) is 3. The first-order chi connectivity index (χ1) is 6.08. The lowest BCUT2D eigenvalue weighted by Crippen LogP contribution is -2.29. The molecule has 0 aliphatic heterocycles. The Hall–Kier alpha value is -0.470. The highest BCUT2D eigenvalue weighted by molar-refractivity contribution is 7.37. The van der Waals surface area contributed by atoms with Gasteiger partial charge in [-0.25, -0.2) is 0 Å². The van der Waals surface area contributed by atoms with E-state index in [4.69, 9.17) is 15.3 Å².